The maximum atomic E-state index is 6.07. The minimum Gasteiger partial charge on any atom is -0.384 e. The molecule has 6 nitrogen and oxygen atoms in total. The fourth-order valence-corrected chi connectivity index (χ4v) is 3.97. The van der Waals surface area contributed by atoms with Crippen molar-refractivity contribution in [2.75, 3.05) is 11.1 Å². The first-order valence-corrected chi connectivity index (χ1v) is 10.6. The Kier molecular flexibility index (Phi) is 5.91. The summed E-state index contributed by atoms with van der Waals surface area (Å²) in [6.45, 7) is 9.16. The third kappa shape index (κ3) is 4.39. The fraction of sp³-hybridized carbons (Fsp3) is 0.208. The zero-order chi connectivity index (χ0) is 22.0. The predicted octanol–water partition coefficient (Wildman–Crippen LogP) is 5.14. The highest BCUT2D eigenvalue weighted by Gasteiger charge is 2.27. The molecule has 1 aliphatic rings. The number of anilines is 2. The summed E-state index contributed by atoms with van der Waals surface area (Å²) in [6, 6.07) is 11.6. The Bertz CT molecular complexity index is 1160. The summed E-state index contributed by atoms with van der Waals surface area (Å²) in [5, 5.41) is 12.9. The van der Waals surface area contributed by atoms with Gasteiger partial charge in [-0.2, -0.15) is 0 Å². The predicted molar refractivity (Wildman–Crippen MR) is 128 cm³/mol. The Morgan fingerprint density at radius 1 is 1.26 bits per heavy atom. The maximum absolute atomic E-state index is 6.07. The molecule has 31 heavy (non-hydrogen) atoms. The second-order valence-corrected chi connectivity index (χ2v) is 7.97. The molecule has 1 unspecified atom stereocenters. The molecule has 0 spiro atoms. The van der Waals surface area contributed by atoms with Crippen molar-refractivity contribution in [1.82, 2.24) is 20.0 Å². The van der Waals surface area contributed by atoms with Gasteiger partial charge in [-0.25, -0.2) is 9.67 Å². The van der Waals surface area contributed by atoms with Gasteiger partial charge < -0.3 is 11.1 Å². The van der Waals surface area contributed by atoms with Gasteiger partial charge in [-0.15, -0.1) is 5.10 Å². The number of nitrogen functional groups attached to an aromatic ring is 1. The van der Waals surface area contributed by atoms with Crippen LogP contribution in [0.25, 0.3) is 11.1 Å². The average molecular weight is 433 g/mol. The molecule has 3 N–H and O–H groups in total. The van der Waals surface area contributed by atoms with Crippen LogP contribution in [0.4, 0.5) is 11.5 Å². The summed E-state index contributed by atoms with van der Waals surface area (Å²) in [7, 11) is 0. The minimum absolute atomic E-state index is 0.0338. The summed E-state index contributed by atoms with van der Waals surface area (Å²) in [5.74, 6) is 0.499. The number of fused-ring (bicyclic) bond motifs is 1. The Morgan fingerprint density at radius 3 is 2.71 bits per heavy atom. The van der Waals surface area contributed by atoms with Crippen LogP contribution in [-0.4, -0.2) is 26.0 Å². The van der Waals surface area contributed by atoms with Crippen LogP contribution < -0.4 is 11.1 Å². The van der Waals surface area contributed by atoms with Gasteiger partial charge in [-0.05, 0) is 85.0 Å². The second kappa shape index (κ2) is 8.78. The molecule has 0 amide bonds. The number of nitrogens with zero attached hydrogens (tertiary/aromatic N) is 4. The van der Waals surface area contributed by atoms with Crippen LogP contribution in [0.1, 0.15) is 30.3 Å². The van der Waals surface area contributed by atoms with E-state index in [1.807, 2.05) is 54.9 Å². The lowest BCUT2D eigenvalue weighted by molar-refractivity contribution is 0.548. The quantitative estimate of drug-likeness (QED) is 0.596. The van der Waals surface area contributed by atoms with Gasteiger partial charge in [0.1, 0.15) is 5.82 Å². The van der Waals surface area contributed by atoms with Crippen molar-refractivity contribution in [2.24, 2.45) is 0 Å². The number of benzene rings is 1. The lowest BCUT2D eigenvalue weighted by Crippen LogP contribution is -2.23. The molecule has 0 fully saturated rings. The van der Waals surface area contributed by atoms with Crippen molar-refractivity contribution in [3.63, 3.8) is 0 Å². The van der Waals surface area contributed by atoms with Crippen LogP contribution in [0, 0.1) is 6.92 Å². The monoisotopic (exact) mass is 432 g/mol. The first kappa shape index (κ1) is 20.9. The number of nitrogens with two attached hydrogens (primary N) is 1. The molecule has 1 aromatic carbocycles. The van der Waals surface area contributed by atoms with Crippen molar-refractivity contribution < 1.29 is 0 Å². The maximum Gasteiger partial charge on any atom is 0.123 e. The fourth-order valence-electron chi connectivity index (χ4n) is 3.85. The molecule has 7 heteroatoms. The molecule has 3 aromatic rings. The van der Waals surface area contributed by atoms with Crippen LogP contribution >= 0.6 is 11.6 Å². The molecule has 2 aromatic heterocycles. The molecule has 158 valence electrons. The summed E-state index contributed by atoms with van der Waals surface area (Å²) in [4.78, 5) is 4.25. The Morgan fingerprint density at radius 2 is 2.03 bits per heavy atom. The largest absolute Gasteiger partial charge is 0.384 e. The molecular weight excluding hydrogens is 408 g/mol. The summed E-state index contributed by atoms with van der Waals surface area (Å²) in [6.07, 6.45) is 6.87. The molecular formula is C24H25ClN6. The van der Waals surface area contributed by atoms with Crippen molar-refractivity contribution in [3.8, 4) is 0 Å². The van der Waals surface area contributed by atoms with Gasteiger partial charge in [0.15, 0.2) is 0 Å². The number of aryl methyl sites for hydroxylation is 2. The van der Waals surface area contributed by atoms with Gasteiger partial charge >= 0.3 is 0 Å². The summed E-state index contributed by atoms with van der Waals surface area (Å²) < 4.78 is 1.94. The molecule has 3 heterocycles. The average Bonchev–Trinajstić information content (AvgIpc) is 3.08. The van der Waals surface area contributed by atoms with E-state index in [9.17, 15) is 0 Å². The van der Waals surface area contributed by atoms with Crippen LogP contribution in [0.5, 0.6) is 0 Å². The highest BCUT2D eigenvalue weighted by Crippen LogP contribution is 2.34. The summed E-state index contributed by atoms with van der Waals surface area (Å²) >= 11 is 6.07. The van der Waals surface area contributed by atoms with Crippen LogP contribution in [0.3, 0.4) is 0 Å². The van der Waals surface area contributed by atoms with E-state index in [1.54, 1.807) is 6.20 Å². The number of rotatable bonds is 4. The lowest BCUT2D eigenvalue weighted by Gasteiger charge is -2.22. The zero-order valence-electron chi connectivity index (χ0n) is 17.6. The van der Waals surface area contributed by atoms with E-state index < -0.39 is 0 Å². The van der Waals surface area contributed by atoms with E-state index in [-0.39, 0.29) is 6.04 Å². The van der Waals surface area contributed by atoms with Gasteiger partial charge in [0, 0.05) is 23.5 Å². The third-order valence-corrected chi connectivity index (χ3v) is 5.72. The molecule has 0 radical (unpaired) electrons. The van der Waals surface area contributed by atoms with E-state index in [2.05, 4.69) is 39.3 Å². The first-order chi connectivity index (χ1) is 15.0. The van der Waals surface area contributed by atoms with E-state index >= 15 is 0 Å². The van der Waals surface area contributed by atoms with Gasteiger partial charge in [0.05, 0.1) is 17.4 Å². The molecule has 1 atom stereocenters. The third-order valence-electron chi connectivity index (χ3n) is 5.47. The number of halogens is 1. The number of aromatic nitrogens is 4. The Hall–Kier alpha value is -3.38. The lowest BCUT2D eigenvalue weighted by atomic mass is 9.92. The molecule has 1 aliphatic heterocycles. The smallest absolute Gasteiger partial charge is 0.123 e. The Balaban J connectivity index is 1.77. The minimum atomic E-state index is 0.0338. The molecule has 0 saturated heterocycles. The molecule has 4 rings (SSSR count). The van der Waals surface area contributed by atoms with Crippen molar-refractivity contribution in [3.05, 3.63) is 88.9 Å². The highest BCUT2D eigenvalue weighted by molar-refractivity contribution is 6.30. The number of pyridine rings is 1. The normalized spacial score (nSPS) is 18.0. The second-order valence-electron chi connectivity index (χ2n) is 7.53. The van der Waals surface area contributed by atoms with Crippen LogP contribution in [0.15, 0.2) is 66.9 Å². The summed E-state index contributed by atoms with van der Waals surface area (Å²) in [5.41, 5.74) is 12.7. The number of hydrogen-bond acceptors (Lipinski definition) is 5. The van der Waals surface area contributed by atoms with Crippen molar-refractivity contribution >= 4 is 34.3 Å². The van der Waals surface area contributed by atoms with Gasteiger partial charge in [0.25, 0.3) is 0 Å². The van der Waals surface area contributed by atoms with E-state index in [0.717, 1.165) is 52.3 Å². The van der Waals surface area contributed by atoms with Gasteiger partial charge in [-0.1, -0.05) is 29.5 Å². The van der Waals surface area contributed by atoms with Gasteiger partial charge in [-0.3, -0.25) is 0 Å². The van der Waals surface area contributed by atoms with E-state index in [0.29, 0.717) is 10.8 Å². The van der Waals surface area contributed by atoms with E-state index in [1.165, 1.54) is 0 Å². The van der Waals surface area contributed by atoms with Crippen molar-refractivity contribution in [1.29, 1.82) is 0 Å². The molecule has 0 saturated carbocycles. The topological polar surface area (TPSA) is 81.6 Å². The molecule has 0 bridgehead atoms. The van der Waals surface area contributed by atoms with Crippen molar-refractivity contribution in [2.45, 2.75) is 32.9 Å². The standard InChI is InChI=1S/C24H25ClN6/c1-4-17(18-5-10-23(26)27-14-18)13-21-15(2)24-16(3)29-30-31(24)12-11-22(21)28-20-8-6-19(25)7-9-20/h4-10,13-14,22,28H,2,11-12H2,1,3H3,(H2,26,27)/b17-4+,21-13+. The zero-order valence-corrected chi connectivity index (χ0v) is 18.4. The highest BCUT2D eigenvalue weighted by atomic mass is 35.5. The molecule has 0 aliphatic carbocycles. The SMILES string of the molecule is C=C1/C(=C\C(=C/C)c2ccc(N)nc2)C(Nc2ccc(Cl)cc2)CCn2nnc(C)c21. The first-order valence-electron chi connectivity index (χ1n) is 10.2. The van der Waals surface area contributed by atoms with Gasteiger partial charge in [0.2, 0.25) is 0 Å². The Labute approximate surface area is 187 Å². The van der Waals surface area contributed by atoms with Crippen LogP contribution in [-0.2, 0) is 6.54 Å². The number of hydrogen-bond donors (Lipinski definition) is 2. The number of allylic oxidation sites excluding steroid dienone is 3. The number of nitrogens with one attached hydrogen (secondary N) is 1. The van der Waals surface area contributed by atoms with E-state index in [4.69, 9.17) is 17.3 Å². The van der Waals surface area contributed by atoms with Crippen LogP contribution in [0.2, 0.25) is 5.02 Å².